The second kappa shape index (κ2) is 4.91. The summed E-state index contributed by atoms with van der Waals surface area (Å²) in [6.07, 6.45) is 1.26. The highest BCUT2D eigenvalue weighted by molar-refractivity contribution is 6.48. The number of halogens is 4. The van der Waals surface area contributed by atoms with E-state index in [0.717, 1.165) is 0 Å². The fourth-order valence-electron chi connectivity index (χ4n) is 1.36. The van der Waals surface area contributed by atoms with E-state index in [1.54, 1.807) is 12.1 Å². The van der Waals surface area contributed by atoms with Gasteiger partial charge in [-0.1, -0.05) is 46.4 Å². The lowest BCUT2D eigenvalue weighted by atomic mass is 10.1. The molecule has 0 spiro atoms. The van der Waals surface area contributed by atoms with E-state index in [9.17, 15) is 5.11 Å². The summed E-state index contributed by atoms with van der Waals surface area (Å²) < 4.78 is 0. The lowest BCUT2D eigenvalue weighted by Gasteiger charge is -2.07. The van der Waals surface area contributed by atoms with E-state index in [-0.39, 0.29) is 15.9 Å². The molecule has 2 rings (SSSR count). The topological polar surface area (TPSA) is 33.1 Å². The van der Waals surface area contributed by atoms with Crippen LogP contribution in [0.15, 0.2) is 24.4 Å². The Labute approximate surface area is 118 Å². The molecule has 88 valence electrons. The zero-order valence-corrected chi connectivity index (χ0v) is 11.2. The largest absolute Gasteiger partial charge is 0.506 e. The predicted molar refractivity (Wildman–Crippen MR) is 71.4 cm³/mol. The lowest BCUT2D eigenvalue weighted by Crippen LogP contribution is -1.84. The molecule has 0 saturated carbocycles. The van der Waals surface area contributed by atoms with Crippen LogP contribution in [0.5, 0.6) is 5.75 Å². The Hall–Kier alpha value is -0.670. The molecular weight excluding hydrogens is 304 g/mol. The molecule has 1 aromatic heterocycles. The maximum Gasteiger partial charge on any atom is 0.141 e. The second-order valence-electron chi connectivity index (χ2n) is 3.28. The Morgan fingerprint density at radius 3 is 2.12 bits per heavy atom. The highest BCUT2D eigenvalue weighted by Gasteiger charge is 2.11. The lowest BCUT2D eigenvalue weighted by molar-refractivity contribution is 0.475. The van der Waals surface area contributed by atoms with E-state index in [4.69, 9.17) is 46.4 Å². The fraction of sp³-hybridized carbons (Fsp3) is 0. The molecule has 0 atom stereocenters. The van der Waals surface area contributed by atoms with Crippen LogP contribution < -0.4 is 0 Å². The van der Waals surface area contributed by atoms with Crippen LogP contribution in [0.25, 0.3) is 11.1 Å². The van der Waals surface area contributed by atoms with E-state index in [2.05, 4.69) is 4.98 Å². The monoisotopic (exact) mass is 307 g/mol. The standard InChI is InChI=1S/C11H5Cl4NO/c12-7-1-5(2-8(13)11(7)15)6-3-10(14)16-4-9(6)17/h1-4,17H. The fourth-order valence-corrected chi connectivity index (χ4v) is 2.12. The third kappa shape index (κ3) is 2.61. The van der Waals surface area contributed by atoms with Gasteiger partial charge in [-0.15, -0.1) is 0 Å². The Morgan fingerprint density at radius 1 is 0.941 bits per heavy atom. The summed E-state index contributed by atoms with van der Waals surface area (Å²) in [4.78, 5) is 3.75. The first-order chi connectivity index (χ1) is 7.99. The molecule has 2 nitrogen and oxygen atoms in total. The van der Waals surface area contributed by atoms with Crippen molar-refractivity contribution in [3.8, 4) is 16.9 Å². The number of aromatic nitrogens is 1. The van der Waals surface area contributed by atoms with Crippen molar-refractivity contribution in [1.29, 1.82) is 0 Å². The van der Waals surface area contributed by atoms with E-state index < -0.39 is 0 Å². The summed E-state index contributed by atoms with van der Waals surface area (Å²) in [5.41, 5.74) is 1.11. The van der Waals surface area contributed by atoms with Crippen molar-refractivity contribution in [2.45, 2.75) is 0 Å². The summed E-state index contributed by atoms with van der Waals surface area (Å²) in [6, 6.07) is 4.72. The quantitative estimate of drug-likeness (QED) is 0.589. The summed E-state index contributed by atoms with van der Waals surface area (Å²) in [5.74, 6) is -0.0103. The van der Waals surface area contributed by atoms with Crippen molar-refractivity contribution in [1.82, 2.24) is 4.98 Å². The van der Waals surface area contributed by atoms with Gasteiger partial charge >= 0.3 is 0 Å². The van der Waals surface area contributed by atoms with Gasteiger partial charge in [-0.25, -0.2) is 4.98 Å². The van der Waals surface area contributed by atoms with Crippen LogP contribution in [-0.4, -0.2) is 10.1 Å². The number of hydrogen-bond acceptors (Lipinski definition) is 2. The molecule has 0 fully saturated rings. The number of benzene rings is 1. The molecular formula is C11H5Cl4NO. The van der Waals surface area contributed by atoms with Crippen LogP contribution in [0.4, 0.5) is 0 Å². The molecule has 2 aromatic rings. The van der Waals surface area contributed by atoms with E-state index in [1.807, 2.05) is 0 Å². The van der Waals surface area contributed by atoms with Gasteiger partial charge < -0.3 is 5.11 Å². The van der Waals surface area contributed by atoms with Gasteiger partial charge in [0.15, 0.2) is 0 Å². The Kier molecular flexibility index (Phi) is 3.69. The number of aromatic hydroxyl groups is 1. The van der Waals surface area contributed by atoms with Gasteiger partial charge in [0.2, 0.25) is 0 Å². The molecule has 0 amide bonds. The summed E-state index contributed by atoms with van der Waals surface area (Å²) in [6.45, 7) is 0. The smallest absolute Gasteiger partial charge is 0.141 e. The molecule has 0 aliphatic rings. The molecule has 1 aromatic carbocycles. The third-order valence-electron chi connectivity index (χ3n) is 2.14. The van der Waals surface area contributed by atoms with Gasteiger partial charge in [0.25, 0.3) is 0 Å². The molecule has 1 heterocycles. The van der Waals surface area contributed by atoms with Gasteiger partial charge in [0, 0.05) is 5.56 Å². The normalized spacial score (nSPS) is 10.6. The van der Waals surface area contributed by atoms with Crippen LogP contribution in [-0.2, 0) is 0 Å². The molecule has 0 unspecified atom stereocenters. The van der Waals surface area contributed by atoms with Gasteiger partial charge in [0.05, 0.1) is 21.3 Å². The molecule has 0 aliphatic carbocycles. The van der Waals surface area contributed by atoms with Crippen LogP contribution in [0.3, 0.4) is 0 Å². The van der Waals surface area contributed by atoms with Crippen LogP contribution in [0, 0.1) is 0 Å². The molecule has 0 aliphatic heterocycles. The molecule has 0 saturated heterocycles. The first-order valence-electron chi connectivity index (χ1n) is 4.48. The summed E-state index contributed by atoms with van der Waals surface area (Å²) in [7, 11) is 0. The van der Waals surface area contributed by atoms with E-state index in [1.165, 1.54) is 12.3 Å². The zero-order chi connectivity index (χ0) is 12.6. The van der Waals surface area contributed by atoms with Crippen LogP contribution in [0.2, 0.25) is 20.2 Å². The van der Waals surface area contributed by atoms with Crippen molar-refractivity contribution < 1.29 is 5.11 Å². The molecule has 6 heteroatoms. The Morgan fingerprint density at radius 2 is 1.53 bits per heavy atom. The average molecular weight is 309 g/mol. The number of rotatable bonds is 1. The summed E-state index contributed by atoms with van der Waals surface area (Å²) >= 11 is 23.4. The minimum atomic E-state index is -0.0103. The minimum Gasteiger partial charge on any atom is -0.506 e. The van der Waals surface area contributed by atoms with Crippen molar-refractivity contribution >= 4 is 46.4 Å². The van der Waals surface area contributed by atoms with E-state index >= 15 is 0 Å². The van der Waals surface area contributed by atoms with Crippen molar-refractivity contribution in [2.75, 3.05) is 0 Å². The van der Waals surface area contributed by atoms with Crippen LogP contribution in [0.1, 0.15) is 0 Å². The summed E-state index contributed by atoms with van der Waals surface area (Å²) in [5, 5.41) is 10.9. The number of pyridine rings is 1. The molecule has 1 N–H and O–H groups in total. The predicted octanol–water partition coefficient (Wildman–Crippen LogP) is 5.07. The second-order valence-corrected chi connectivity index (χ2v) is 4.86. The Bertz CT molecular complexity index is 563. The third-order valence-corrected chi connectivity index (χ3v) is 3.55. The van der Waals surface area contributed by atoms with Gasteiger partial charge in [0.1, 0.15) is 10.9 Å². The Balaban J connectivity index is 2.64. The first-order valence-corrected chi connectivity index (χ1v) is 5.99. The SMILES string of the molecule is Oc1cnc(Cl)cc1-c1cc(Cl)c(Cl)c(Cl)c1. The van der Waals surface area contributed by atoms with Crippen LogP contribution >= 0.6 is 46.4 Å². The molecule has 0 radical (unpaired) electrons. The van der Waals surface area contributed by atoms with Gasteiger partial charge in [-0.2, -0.15) is 0 Å². The van der Waals surface area contributed by atoms with Crippen molar-refractivity contribution in [3.05, 3.63) is 44.6 Å². The molecule has 17 heavy (non-hydrogen) atoms. The van der Waals surface area contributed by atoms with Crippen molar-refractivity contribution in [3.63, 3.8) is 0 Å². The highest BCUT2D eigenvalue weighted by Crippen LogP contribution is 2.38. The minimum absolute atomic E-state index is 0.0103. The number of nitrogens with zero attached hydrogens (tertiary/aromatic N) is 1. The van der Waals surface area contributed by atoms with Gasteiger partial charge in [-0.05, 0) is 23.8 Å². The maximum absolute atomic E-state index is 9.70. The van der Waals surface area contributed by atoms with Crippen molar-refractivity contribution in [2.24, 2.45) is 0 Å². The average Bonchev–Trinajstić information content (AvgIpc) is 2.28. The highest BCUT2D eigenvalue weighted by atomic mass is 35.5. The zero-order valence-electron chi connectivity index (χ0n) is 8.22. The number of hydrogen-bond donors (Lipinski definition) is 1. The maximum atomic E-state index is 9.70. The van der Waals surface area contributed by atoms with Gasteiger partial charge in [-0.3, -0.25) is 0 Å². The van der Waals surface area contributed by atoms with E-state index in [0.29, 0.717) is 21.2 Å². The first kappa shape index (κ1) is 12.8. The molecule has 0 bridgehead atoms.